The first-order valence-electron chi connectivity index (χ1n) is 7.95. The highest BCUT2D eigenvalue weighted by atomic mass is 15.2. The highest BCUT2D eigenvalue weighted by Crippen LogP contribution is 2.27. The molecule has 1 aromatic rings. The van der Waals surface area contributed by atoms with Crippen LogP contribution in [0, 0.1) is 5.92 Å². The molecule has 0 aliphatic carbocycles. The molecule has 112 valence electrons. The first-order chi connectivity index (χ1) is 9.63. The topological polar surface area (TPSA) is 41.0 Å². The summed E-state index contributed by atoms with van der Waals surface area (Å²) in [5.41, 5.74) is 0. The molecule has 0 saturated carbocycles. The Kier molecular flexibility index (Phi) is 5.21. The van der Waals surface area contributed by atoms with Crippen molar-refractivity contribution in [1.29, 1.82) is 0 Å². The number of piperidine rings is 1. The number of rotatable bonds is 5. The maximum absolute atomic E-state index is 4.75. The fourth-order valence-corrected chi connectivity index (χ4v) is 2.86. The minimum Gasteiger partial charge on any atom is -0.373 e. The van der Waals surface area contributed by atoms with Crippen LogP contribution in [0.4, 0.5) is 11.6 Å². The number of hydrogen-bond acceptors (Lipinski definition) is 4. The third-order valence-electron chi connectivity index (χ3n) is 4.14. The van der Waals surface area contributed by atoms with Crippen molar-refractivity contribution in [2.24, 2.45) is 5.92 Å². The molecule has 1 fully saturated rings. The van der Waals surface area contributed by atoms with Crippen LogP contribution in [0.2, 0.25) is 0 Å². The third kappa shape index (κ3) is 3.62. The molecule has 2 heterocycles. The first-order valence-corrected chi connectivity index (χ1v) is 7.95. The molecular weight excluding hydrogens is 248 g/mol. The van der Waals surface area contributed by atoms with E-state index >= 15 is 0 Å². The van der Waals surface area contributed by atoms with Crippen LogP contribution in [0.25, 0.3) is 0 Å². The van der Waals surface area contributed by atoms with E-state index in [4.69, 9.17) is 4.98 Å². The fourth-order valence-electron chi connectivity index (χ4n) is 2.86. The van der Waals surface area contributed by atoms with Gasteiger partial charge in [0.15, 0.2) is 0 Å². The molecular formula is C16H28N4. The monoisotopic (exact) mass is 276 g/mol. The lowest BCUT2D eigenvalue weighted by Gasteiger charge is -2.33. The van der Waals surface area contributed by atoms with Gasteiger partial charge >= 0.3 is 0 Å². The standard InChI is InChI=1S/C16H28N4/c1-5-6-13-7-9-20(10-8-13)15-11-14(17-4)18-16(19-15)12(2)3/h11-13H,5-10H2,1-4H3,(H,17,18,19). The van der Waals surface area contributed by atoms with Crippen molar-refractivity contribution in [3.63, 3.8) is 0 Å². The summed E-state index contributed by atoms with van der Waals surface area (Å²) in [5, 5.41) is 3.15. The number of hydrogen-bond donors (Lipinski definition) is 1. The number of nitrogens with one attached hydrogen (secondary N) is 1. The summed E-state index contributed by atoms with van der Waals surface area (Å²) in [5.74, 6) is 4.21. The van der Waals surface area contributed by atoms with E-state index in [1.807, 2.05) is 7.05 Å². The molecule has 0 bridgehead atoms. The highest BCUT2D eigenvalue weighted by Gasteiger charge is 2.20. The molecule has 1 N–H and O–H groups in total. The van der Waals surface area contributed by atoms with Crippen molar-refractivity contribution in [2.45, 2.75) is 52.4 Å². The van der Waals surface area contributed by atoms with Crippen molar-refractivity contribution in [3.8, 4) is 0 Å². The maximum Gasteiger partial charge on any atom is 0.135 e. The van der Waals surface area contributed by atoms with Crippen molar-refractivity contribution in [3.05, 3.63) is 11.9 Å². The lowest BCUT2D eigenvalue weighted by molar-refractivity contribution is 0.377. The zero-order valence-electron chi connectivity index (χ0n) is 13.3. The summed E-state index contributed by atoms with van der Waals surface area (Å²) in [4.78, 5) is 11.7. The Morgan fingerprint density at radius 1 is 1.30 bits per heavy atom. The van der Waals surface area contributed by atoms with Gasteiger partial charge in [0.25, 0.3) is 0 Å². The van der Waals surface area contributed by atoms with E-state index in [1.54, 1.807) is 0 Å². The molecule has 20 heavy (non-hydrogen) atoms. The van der Waals surface area contributed by atoms with E-state index in [9.17, 15) is 0 Å². The Morgan fingerprint density at radius 2 is 2.00 bits per heavy atom. The second-order valence-electron chi connectivity index (χ2n) is 6.09. The van der Waals surface area contributed by atoms with Gasteiger partial charge in [0, 0.05) is 32.1 Å². The summed E-state index contributed by atoms with van der Waals surface area (Å²) < 4.78 is 0. The molecule has 0 aromatic carbocycles. The second-order valence-corrected chi connectivity index (χ2v) is 6.09. The van der Waals surface area contributed by atoms with Crippen molar-refractivity contribution >= 4 is 11.6 Å². The third-order valence-corrected chi connectivity index (χ3v) is 4.14. The largest absolute Gasteiger partial charge is 0.373 e. The Balaban J connectivity index is 2.10. The molecule has 4 nitrogen and oxygen atoms in total. The molecule has 1 aliphatic rings. The van der Waals surface area contributed by atoms with Crippen molar-refractivity contribution < 1.29 is 0 Å². The number of nitrogens with zero attached hydrogens (tertiary/aromatic N) is 3. The van der Waals surface area contributed by atoms with Gasteiger partial charge in [0.05, 0.1) is 0 Å². The van der Waals surface area contributed by atoms with Gasteiger partial charge < -0.3 is 10.2 Å². The Hall–Kier alpha value is -1.32. The minimum atomic E-state index is 0.361. The van der Waals surface area contributed by atoms with Gasteiger partial charge in [0.2, 0.25) is 0 Å². The van der Waals surface area contributed by atoms with E-state index in [0.717, 1.165) is 36.5 Å². The Labute approximate surface area is 123 Å². The molecule has 1 aliphatic heterocycles. The van der Waals surface area contributed by atoms with Crippen LogP contribution in [0.3, 0.4) is 0 Å². The van der Waals surface area contributed by atoms with Crippen LogP contribution in [-0.4, -0.2) is 30.1 Å². The Morgan fingerprint density at radius 3 is 2.55 bits per heavy atom. The quantitative estimate of drug-likeness (QED) is 0.891. The normalized spacial score (nSPS) is 16.8. The van der Waals surface area contributed by atoms with Gasteiger partial charge in [-0.3, -0.25) is 0 Å². The predicted octanol–water partition coefficient (Wildman–Crippen LogP) is 3.66. The van der Waals surface area contributed by atoms with Gasteiger partial charge in [0.1, 0.15) is 17.5 Å². The van der Waals surface area contributed by atoms with Crippen LogP contribution in [0.15, 0.2) is 6.07 Å². The lowest BCUT2D eigenvalue weighted by Crippen LogP contribution is -2.34. The van der Waals surface area contributed by atoms with Crippen molar-refractivity contribution in [1.82, 2.24) is 9.97 Å². The molecule has 0 amide bonds. The zero-order chi connectivity index (χ0) is 14.5. The predicted molar refractivity (Wildman–Crippen MR) is 85.5 cm³/mol. The molecule has 0 radical (unpaired) electrons. The van der Waals surface area contributed by atoms with E-state index in [-0.39, 0.29) is 0 Å². The van der Waals surface area contributed by atoms with E-state index < -0.39 is 0 Å². The second kappa shape index (κ2) is 6.91. The van der Waals surface area contributed by atoms with Gasteiger partial charge in [-0.15, -0.1) is 0 Å². The van der Waals surface area contributed by atoms with E-state index in [1.165, 1.54) is 25.7 Å². The van der Waals surface area contributed by atoms with E-state index in [2.05, 4.69) is 42.0 Å². The molecule has 1 saturated heterocycles. The average Bonchev–Trinajstić information content (AvgIpc) is 2.47. The van der Waals surface area contributed by atoms with Gasteiger partial charge in [-0.05, 0) is 18.8 Å². The molecule has 0 unspecified atom stereocenters. The lowest BCUT2D eigenvalue weighted by atomic mass is 9.92. The minimum absolute atomic E-state index is 0.361. The summed E-state index contributed by atoms with van der Waals surface area (Å²) in [7, 11) is 1.92. The number of aromatic nitrogens is 2. The maximum atomic E-state index is 4.75. The van der Waals surface area contributed by atoms with Gasteiger partial charge in [-0.25, -0.2) is 9.97 Å². The molecule has 4 heteroatoms. The van der Waals surface area contributed by atoms with Crippen LogP contribution < -0.4 is 10.2 Å². The molecule has 0 atom stereocenters. The van der Waals surface area contributed by atoms with Crippen LogP contribution in [0.5, 0.6) is 0 Å². The summed E-state index contributed by atoms with van der Waals surface area (Å²) in [6, 6.07) is 2.08. The smallest absolute Gasteiger partial charge is 0.135 e. The van der Waals surface area contributed by atoms with Crippen LogP contribution in [0.1, 0.15) is 58.2 Å². The Bertz CT molecular complexity index is 422. The van der Waals surface area contributed by atoms with Gasteiger partial charge in [-0.1, -0.05) is 33.6 Å². The molecule has 2 rings (SSSR count). The van der Waals surface area contributed by atoms with Crippen molar-refractivity contribution in [2.75, 3.05) is 30.4 Å². The van der Waals surface area contributed by atoms with E-state index in [0.29, 0.717) is 5.92 Å². The van der Waals surface area contributed by atoms with Gasteiger partial charge in [-0.2, -0.15) is 0 Å². The summed E-state index contributed by atoms with van der Waals surface area (Å²) in [6.45, 7) is 8.83. The fraction of sp³-hybridized carbons (Fsp3) is 0.750. The first kappa shape index (κ1) is 15.1. The zero-order valence-corrected chi connectivity index (χ0v) is 13.3. The number of anilines is 2. The highest BCUT2D eigenvalue weighted by molar-refractivity contribution is 5.49. The summed E-state index contributed by atoms with van der Waals surface area (Å²) >= 11 is 0. The van der Waals surface area contributed by atoms with Crippen LogP contribution in [-0.2, 0) is 0 Å². The molecule has 1 aromatic heterocycles. The van der Waals surface area contributed by atoms with Crippen LogP contribution >= 0.6 is 0 Å². The molecule has 0 spiro atoms. The average molecular weight is 276 g/mol. The summed E-state index contributed by atoms with van der Waals surface area (Å²) in [6.07, 6.45) is 5.27. The SMILES string of the molecule is CCCC1CCN(c2cc(NC)nc(C(C)C)n2)CC1.